The van der Waals surface area contributed by atoms with Crippen LogP contribution in [0.25, 0.3) is 0 Å². The molecular weight excluding hydrogens is 197 g/mol. The summed E-state index contributed by atoms with van der Waals surface area (Å²) < 4.78 is 2.08. The second kappa shape index (κ2) is 7.50. The summed E-state index contributed by atoms with van der Waals surface area (Å²) in [6, 6.07) is 0. The van der Waals surface area contributed by atoms with E-state index in [1.165, 1.54) is 5.96 Å². The van der Waals surface area contributed by atoms with Gasteiger partial charge in [-0.05, 0) is 0 Å². The minimum atomic E-state index is 0. The lowest BCUT2D eigenvalue weighted by Gasteiger charge is -2.16. The first-order valence-corrected chi connectivity index (χ1v) is 3.35. The molecule has 0 aromatic rings. The molecule has 5 heteroatoms. The molecule has 0 fully saturated rings. The average Bonchev–Trinajstić information content (AvgIpc) is 1.59. The van der Waals surface area contributed by atoms with Gasteiger partial charge in [-0.1, -0.05) is 0 Å². The van der Waals surface area contributed by atoms with Crippen molar-refractivity contribution in [1.82, 2.24) is 9.80 Å². The van der Waals surface area contributed by atoms with Crippen LogP contribution in [0.2, 0.25) is 0 Å². The third-order valence-electron chi connectivity index (χ3n) is 1.20. The molecule has 3 nitrogen and oxygen atoms in total. The van der Waals surface area contributed by atoms with Crippen LogP contribution in [-0.4, -0.2) is 62.6 Å². The van der Waals surface area contributed by atoms with Crippen molar-refractivity contribution in [1.29, 1.82) is 0 Å². The van der Waals surface area contributed by atoms with Gasteiger partial charge in [0.1, 0.15) is 0 Å². The van der Waals surface area contributed by atoms with Gasteiger partial charge < -0.3 is 12.4 Å². The molecule has 0 amide bonds. The summed E-state index contributed by atoms with van der Waals surface area (Å²) in [5, 5.41) is 0. The quantitative estimate of drug-likeness (QED) is 0.245. The van der Waals surface area contributed by atoms with E-state index in [-0.39, 0.29) is 24.8 Å². The fourth-order valence-corrected chi connectivity index (χ4v) is 1.20. The van der Waals surface area contributed by atoms with E-state index in [9.17, 15) is 0 Å². The summed E-state index contributed by atoms with van der Waals surface area (Å²) in [4.78, 5) is 4.17. The van der Waals surface area contributed by atoms with Crippen molar-refractivity contribution in [3.05, 3.63) is 0 Å². The first-order valence-electron chi connectivity index (χ1n) is 3.35. The Morgan fingerprint density at radius 2 is 1.17 bits per heavy atom. The molecule has 76 valence electrons. The maximum Gasteiger partial charge on any atom is 0.349 e. The highest BCUT2D eigenvalue weighted by molar-refractivity contribution is 5.85. The molecule has 0 bridgehead atoms. The molecule has 0 saturated carbocycles. The fraction of sp³-hybridized carbons (Fsp3) is 0.857. The lowest BCUT2D eigenvalue weighted by atomic mass is 10.7. The summed E-state index contributed by atoms with van der Waals surface area (Å²) in [6.45, 7) is 0. The predicted molar refractivity (Wildman–Crippen MR) is 51.7 cm³/mol. The predicted octanol–water partition coefficient (Wildman–Crippen LogP) is -2.84. The zero-order valence-electron chi connectivity index (χ0n) is 8.63. The van der Waals surface area contributed by atoms with E-state index in [0.717, 1.165) is 0 Å². The van der Waals surface area contributed by atoms with Crippen molar-refractivity contribution < 1.29 is 17.0 Å². The standard InChI is InChI=1S/C7H18N3.2ClH/c1-8(2)7(9(3)4)10(5)6;;/h1-6H3;2*1H/q+1;;/p-1. The number of halogens is 2. The summed E-state index contributed by atoms with van der Waals surface area (Å²) in [6.07, 6.45) is 0. The number of hydrogen-bond acceptors (Lipinski definition) is 0. The molecule has 0 aliphatic carbocycles. The Balaban J connectivity index is -0.000000405. The maximum absolute atomic E-state index is 2.08. The van der Waals surface area contributed by atoms with E-state index in [0.29, 0.717) is 0 Å². The number of nitrogens with zero attached hydrogens (tertiary/aromatic N) is 3. The third-order valence-corrected chi connectivity index (χ3v) is 1.20. The van der Waals surface area contributed by atoms with Gasteiger partial charge in [0.05, 0.1) is 42.3 Å². The molecule has 0 atom stereocenters. The van der Waals surface area contributed by atoms with E-state index < -0.39 is 0 Å². The Bertz CT molecular complexity index is 130. The van der Waals surface area contributed by atoms with Crippen LogP contribution >= 0.6 is 12.4 Å². The van der Waals surface area contributed by atoms with Crippen LogP contribution in [0.15, 0.2) is 0 Å². The Labute approximate surface area is 87.9 Å². The minimum absolute atomic E-state index is 0. The molecule has 0 saturated heterocycles. The highest BCUT2D eigenvalue weighted by Crippen LogP contribution is 1.84. The van der Waals surface area contributed by atoms with Gasteiger partial charge in [-0.3, -0.25) is 14.4 Å². The highest BCUT2D eigenvalue weighted by Gasteiger charge is 2.12. The topological polar surface area (TPSA) is 9.49 Å². The SMILES string of the molecule is CN(C)C(N(C)C)=[N+](C)C.Cl.[Cl-]. The Morgan fingerprint density at radius 1 is 0.917 bits per heavy atom. The lowest BCUT2D eigenvalue weighted by Crippen LogP contribution is -3.00. The molecular formula is C7H19Cl2N3. The minimum Gasteiger partial charge on any atom is -1.00 e. The molecule has 0 N–H and O–H groups in total. The second-order valence-electron chi connectivity index (χ2n) is 2.98. The first kappa shape index (κ1) is 17.8. The molecule has 0 aliphatic rings. The smallest absolute Gasteiger partial charge is 0.349 e. The van der Waals surface area contributed by atoms with E-state index in [1.807, 2.05) is 42.3 Å². The zero-order chi connectivity index (χ0) is 8.31. The molecule has 0 radical (unpaired) electrons. The van der Waals surface area contributed by atoms with Crippen LogP contribution in [0.4, 0.5) is 0 Å². The van der Waals surface area contributed by atoms with Crippen molar-refractivity contribution >= 4 is 18.4 Å². The van der Waals surface area contributed by atoms with Gasteiger partial charge in [0, 0.05) is 0 Å². The van der Waals surface area contributed by atoms with Crippen LogP contribution in [0.1, 0.15) is 0 Å². The van der Waals surface area contributed by atoms with Gasteiger partial charge >= 0.3 is 5.96 Å². The van der Waals surface area contributed by atoms with Crippen LogP contribution < -0.4 is 12.4 Å². The summed E-state index contributed by atoms with van der Waals surface area (Å²) >= 11 is 0. The van der Waals surface area contributed by atoms with Gasteiger partial charge in [0.15, 0.2) is 0 Å². The summed E-state index contributed by atoms with van der Waals surface area (Å²) in [7, 11) is 12.2. The van der Waals surface area contributed by atoms with Crippen molar-refractivity contribution in [2.24, 2.45) is 0 Å². The molecule has 12 heavy (non-hydrogen) atoms. The van der Waals surface area contributed by atoms with Crippen molar-refractivity contribution in [3.8, 4) is 0 Å². The van der Waals surface area contributed by atoms with Gasteiger partial charge in [0.25, 0.3) is 0 Å². The van der Waals surface area contributed by atoms with Crippen molar-refractivity contribution in [2.45, 2.75) is 0 Å². The highest BCUT2D eigenvalue weighted by atomic mass is 35.5. The normalized spacial score (nSPS) is 7.50. The molecule has 0 heterocycles. The maximum atomic E-state index is 2.08. The lowest BCUT2D eigenvalue weighted by molar-refractivity contribution is -0.475. The van der Waals surface area contributed by atoms with E-state index in [2.05, 4.69) is 14.4 Å². The van der Waals surface area contributed by atoms with Crippen LogP contribution in [0.3, 0.4) is 0 Å². The Morgan fingerprint density at radius 3 is 1.17 bits per heavy atom. The van der Waals surface area contributed by atoms with Crippen LogP contribution in [0, 0.1) is 0 Å². The monoisotopic (exact) mass is 215 g/mol. The number of rotatable bonds is 0. The third kappa shape index (κ3) is 5.49. The molecule has 0 unspecified atom stereocenters. The van der Waals surface area contributed by atoms with Crippen molar-refractivity contribution in [2.75, 3.05) is 42.3 Å². The van der Waals surface area contributed by atoms with Crippen LogP contribution in [0.5, 0.6) is 0 Å². The zero-order valence-corrected chi connectivity index (χ0v) is 10.2. The van der Waals surface area contributed by atoms with Crippen LogP contribution in [-0.2, 0) is 0 Å². The molecule has 0 aromatic heterocycles. The first-order chi connectivity index (χ1) is 4.46. The summed E-state index contributed by atoms with van der Waals surface area (Å²) in [5.41, 5.74) is 0. The van der Waals surface area contributed by atoms with E-state index >= 15 is 0 Å². The molecule has 0 spiro atoms. The average molecular weight is 216 g/mol. The van der Waals surface area contributed by atoms with Gasteiger partial charge in [-0.25, -0.2) is 0 Å². The molecule has 0 rings (SSSR count). The Hall–Kier alpha value is -0.150. The largest absolute Gasteiger partial charge is 1.00 e. The number of hydrogen-bond donors (Lipinski definition) is 0. The second-order valence-corrected chi connectivity index (χ2v) is 2.98. The molecule has 0 aliphatic heterocycles. The van der Waals surface area contributed by atoms with Crippen molar-refractivity contribution in [3.63, 3.8) is 0 Å². The van der Waals surface area contributed by atoms with E-state index in [4.69, 9.17) is 0 Å². The number of guanidine groups is 1. The summed E-state index contributed by atoms with van der Waals surface area (Å²) in [5.74, 6) is 1.19. The Kier molecular flexibility index (Phi) is 11.1. The van der Waals surface area contributed by atoms with E-state index in [1.54, 1.807) is 0 Å². The molecule has 0 aromatic carbocycles. The fourth-order valence-electron chi connectivity index (χ4n) is 1.20. The van der Waals surface area contributed by atoms with Gasteiger partial charge in [0.2, 0.25) is 0 Å². The van der Waals surface area contributed by atoms with Gasteiger partial charge in [-0.15, -0.1) is 12.4 Å². The van der Waals surface area contributed by atoms with Gasteiger partial charge in [-0.2, -0.15) is 0 Å².